The van der Waals surface area contributed by atoms with Crippen molar-refractivity contribution in [1.29, 1.82) is 0 Å². The van der Waals surface area contributed by atoms with Gasteiger partial charge < -0.3 is 10.6 Å². The third kappa shape index (κ3) is 4.97. The van der Waals surface area contributed by atoms with Gasteiger partial charge in [0.05, 0.1) is 5.56 Å². The van der Waals surface area contributed by atoms with E-state index >= 15 is 0 Å². The molecule has 1 aliphatic rings. The summed E-state index contributed by atoms with van der Waals surface area (Å²) in [6.45, 7) is 2.08. The minimum absolute atomic E-state index is 0.00216. The molecular weight excluding hydrogens is 309 g/mol. The van der Waals surface area contributed by atoms with Crippen molar-refractivity contribution in [3.63, 3.8) is 0 Å². The van der Waals surface area contributed by atoms with Crippen molar-refractivity contribution in [2.24, 2.45) is 0 Å². The van der Waals surface area contributed by atoms with Gasteiger partial charge in [-0.3, -0.25) is 9.59 Å². The van der Waals surface area contributed by atoms with Crippen LogP contribution < -0.4 is 10.6 Å². The van der Waals surface area contributed by atoms with Crippen LogP contribution in [0, 0.1) is 0 Å². The summed E-state index contributed by atoms with van der Waals surface area (Å²) in [7, 11) is 0. The van der Waals surface area contributed by atoms with Crippen molar-refractivity contribution >= 4 is 11.8 Å². The average Bonchev–Trinajstić information content (AvgIpc) is 2.82. The molecule has 1 aromatic carbocycles. The van der Waals surface area contributed by atoms with Crippen LogP contribution in [0.25, 0.3) is 0 Å². The maximum absolute atomic E-state index is 12.4. The number of amides is 2. The first-order valence-electron chi connectivity index (χ1n) is 7.42. The van der Waals surface area contributed by atoms with Gasteiger partial charge in [0.1, 0.15) is 0 Å². The molecule has 0 aliphatic carbocycles. The molecule has 1 saturated heterocycles. The van der Waals surface area contributed by atoms with Crippen LogP contribution >= 0.6 is 0 Å². The fourth-order valence-electron chi connectivity index (χ4n) is 2.53. The molecule has 1 unspecified atom stereocenters. The molecule has 1 heterocycles. The van der Waals surface area contributed by atoms with Gasteiger partial charge >= 0.3 is 6.18 Å². The highest BCUT2D eigenvalue weighted by atomic mass is 19.4. The third-order valence-electron chi connectivity index (χ3n) is 4.02. The minimum Gasteiger partial charge on any atom is -0.352 e. The minimum atomic E-state index is -4.36. The molecule has 0 spiro atoms. The fraction of sp³-hybridized carbons (Fsp3) is 0.500. The van der Waals surface area contributed by atoms with Crippen LogP contribution in [0.5, 0.6) is 0 Å². The summed E-state index contributed by atoms with van der Waals surface area (Å²) in [4.78, 5) is 23.0. The molecule has 126 valence electrons. The molecule has 4 nitrogen and oxygen atoms in total. The zero-order valence-electron chi connectivity index (χ0n) is 12.8. The van der Waals surface area contributed by atoms with Crippen molar-refractivity contribution in [2.45, 2.75) is 50.9 Å². The van der Waals surface area contributed by atoms with E-state index in [0.29, 0.717) is 24.8 Å². The van der Waals surface area contributed by atoms with E-state index < -0.39 is 11.7 Å². The standard InChI is InChI=1S/C16H19F3N2O2/c1-15(9-7-14(23)21-15)8-6-13(22)20-10-11-2-4-12(5-3-11)16(17,18)19/h2-5H,6-10H2,1H3,(H,20,22)(H,21,23). The second-order valence-corrected chi connectivity index (χ2v) is 6.08. The maximum Gasteiger partial charge on any atom is 0.416 e. The highest BCUT2D eigenvalue weighted by Gasteiger charge is 2.33. The van der Waals surface area contributed by atoms with E-state index in [1.165, 1.54) is 12.1 Å². The van der Waals surface area contributed by atoms with E-state index in [9.17, 15) is 22.8 Å². The zero-order valence-corrected chi connectivity index (χ0v) is 12.8. The van der Waals surface area contributed by atoms with Crippen molar-refractivity contribution in [3.05, 3.63) is 35.4 Å². The van der Waals surface area contributed by atoms with Crippen LogP contribution in [0.1, 0.15) is 43.7 Å². The van der Waals surface area contributed by atoms with Crippen molar-refractivity contribution in [1.82, 2.24) is 10.6 Å². The SMILES string of the molecule is CC1(CCC(=O)NCc2ccc(C(F)(F)F)cc2)CCC(=O)N1. The lowest BCUT2D eigenvalue weighted by molar-refractivity contribution is -0.137. The molecule has 0 radical (unpaired) electrons. The Morgan fingerprint density at radius 2 is 1.96 bits per heavy atom. The third-order valence-corrected chi connectivity index (χ3v) is 4.02. The lowest BCUT2D eigenvalue weighted by atomic mass is 9.94. The summed E-state index contributed by atoms with van der Waals surface area (Å²) in [5.41, 5.74) is -0.452. The summed E-state index contributed by atoms with van der Waals surface area (Å²) in [6.07, 6.45) is -2.38. The van der Waals surface area contributed by atoms with Crippen LogP contribution in [-0.4, -0.2) is 17.4 Å². The first kappa shape index (κ1) is 17.3. The normalized spacial score (nSPS) is 21.1. The number of benzene rings is 1. The highest BCUT2D eigenvalue weighted by molar-refractivity contribution is 5.80. The molecule has 0 aromatic heterocycles. The second-order valence-electron chi connectivity index (χ2n) is 6.08. The largest absolute Gasteiger partial charge is 0.416 e. The van der Waals surface area contributed by atoms with Gasteiger partial charge in [-0.05, 0) is 37.5 Å². The van der Waals surface area contributed by atoms with Gasteiger partial charge in [-0.2, -0.15) is 13.2 Å². The summed E-state index contributed by atoms with van der Waals surface area (Å²) < 4.78 is 37.3. The monoisotopic (exact) mass is 328 g/mol. The molecule has 23 heavy (non-hydrogen) atoms. The number of carbonyl (C=O) groups excluding carboxylic acids is 2. The Hall–Kier alpha value is -2.05. The molecule has 7 heteroatoms. The topological polar surface area (TPSA) is 58.2 Å². The van der Waals surface area contributed by atoms with Crippen molar-refractivity contribution in [2.75, 3.05) is 0 Å². The van der Waals surface area contributed by atoms with Gasteiger partial charge in [0.25, 0.3) is 0 Å². The second kappa shape index (κ2) is 6.60. The Morgan fingerprint density at radius 1 is 1.30 bits per heavy atom. The quantitative estimate of drug-likeness (QED) is 0.873. The molecule has 2 amide bonds. The van der Waals surface area contributed by atoms with Gasteiger partial charge in [-0.15, -0.1) is 0 Å². The van der Waals surface area contributed by atoms with Crippen LogP contribution in [0.15, 0.2) is 24.3 Å². The van der Waals surface area contributed by atoms with E-state index in [1.54, 1.807) is 0 Å². The Labute approximate surface area is 132 Å². The Morgan fingerprint density at radius 3 is 2.48 bits per heavy atom. The molecule has 2 N–H and O–H groups in total. The smallest absolute Gasteiger partial charge is 0.352 e. The number of rotatable bonds is 5. The number of alkyl halides is 3. The van der Waals surface area contributed by atoms with E-state index in [4.69, 9.17) is 0 Å². The van der Waals surface area contributed by atoms with Gasteiger partial charge in [0.2, 0.25) is 11.8 Å². The number of nitrogens with one attached hydrogen (secondary N) is 2. The van der Waals surface area contributed by atoms with Crippen LogP contribution in [0.3, 0.4) is 0 Å². The molecule has 1 aliphatic heterocycles. The number of hydrogen-bond donors (Lipinski definition) is 2. The first-order valence-corrected chi connectivity index (χ1v) is 7.42. The van der Waals surface area contributed by atoms with Gasteiger partial charge in [-0.1, -0.05) is 12.1 Å². The highest BCUT2D eigenvalue weighted by Crippen LogP contribution is 2.29. The first-order chi connectivity index (χ1) is 10.7. The molecule has 0 bridgehead atoms. The van der Waals surface area contributed by atoms with Crippen LogP contribution in [0.4, 0.5) is 13.2 Å². The van der Waals surface area contributed by atoms with E-state index in [2.05, 4.69) is 10.6 Å². The number of hydrogen-bond acceptors (Lipinski definition) is 2. The predicted octanol–water partition coefficient (Wildman–Crippen LogP) is 2.77. The zero-order chi connectivity index (χ0) is 17.1. The lowest BCUT2D eigenvalue weighted by Crippen LogP contribution is -2.39. The summed E-state index contributed by atoms with van der Waals surface area (Å²) in [6, 6.07) is 4.69. The summed E-state index contributed by atoms with van der Waals surface area (Å²) in [5.74, 6) is -0.190. The summed E-state index contributed by atoms with van der Waals surface area (Å²) >= 11 is 0. The van der Waals surface area contributed by atoms with Gasteiger partial charge in [0, 0.05) is 24.9 Å². The van der Waals surface area contributed by atoms with E-state index in [1.807, 2.05) is 6.92 Å². The number of carbonyl (C=O) groups is 2. The average molecular weight is 328 g/mol. The predicted molar refractivity (Wildman–Crippen MR) is 78.3 cm³/mol. The van der Waals surface area contributed by atoms with Crippen LogP contribution in [-0.2, 0) is 22.3 Å². The van der Waals surface area contributed by atoms with Crippen molar-refractivity contribution < 1.29 is 22.8 Å². The van der Waals surface area contributed by atoms with E-state index in [-0.39, 0.29) is 30.3 Å². The Balaban J connectivity index is 1.77. The lowest BCUT2D eigenvalue weighted by Gasteiger charge is -2.23. The Kier molecular flexibility index (Phi) is 4.97. The molecule has 2 rings (SSSR count). The molecule has 1 atom stereocenters. The van der Waals surface area contributed by atoms with Gasteiger partial charge in [-0.25, -0.2) is 0 Å². The maximum atomic E-state index is 12.4. The molecule has 0 saturated carbocycles. The van der Waals surface area contributed by atoms with Crippen molar-refractivity contribution in [3.8, 4) is 0 Å². The Bertz CT molecular complexity index is 584. The summed E-state index contributed by atoms with van der Waals surface area (Å²) in [5, 5.41) is 5.53. The van der Waals surface area contributed by atoms with E-state index in [0.717, 1.165) is 12.1 Å². The molecular formula is C16H19F3N2O2. The molecule has 1 fully saturated rings. The van der Waals surface area contributed by atoms with Gasteiger partial charge in [0.15, 0.2) is 0 Å². The number of halogens is 3. The van der Waals surface area contributed by atoms with Crippen LogP contribution in [0.2, 0.25) is 0 Å². The molecule has 1 aromatic rings. The fourth-order valence-corrected chi connectivity index (χ4v) is 2.53.